The molecule has 1 amide bonds. The minimum atomic E-state index is -0.613. The molecule has 1 atom stereocenters. The van der Waals surface area contributed by atoms with Crippen molar-refractivity contribution in [2.45, 2.75) is 65.5 Å². The molecule has 0 saturated heterocycles. The fraction of sp³-hybridized carbons (Fsp3) is 0.667. The Morgan fingerprint density at radius 1 is 1.47 bits per heavy atom. The summed E-state index contributed by atoms with van der Waals surface area (Å²) in [6.07, 6.45) is 2.49. The lowest BCUT2D eigenvalue weighted by Crippen LogP contribution is -2.50. The maximum atomic E-state index is 12.2. The number of rotatable bonds is 6. The van der Waals surface area contributed by atoms with Crippen LogP contribution in [0.15, 0.2) is 6.07 Å². The van der Waals surface area contributed by atoms with Crippen molar-refractivity contribution in [2.24, 2.45) is 0 Å². The molecule has 0 bridgehead atoms. The van der Waals surface area contributed by atoms with Gasteiger partial charge in [-0.15, -0.1) is 11.3 Å². The monoisotopic (exact) mass is 283 g/mol. The minimum absolute atomic E-state index is 0.0899. The second-order valence-corrected chi connectivity index (χ2v) is 6.65. The molecule has 0 aliphatic heterocycles. The van der Waals surface area contributed by atoms with Crippen molar-refractivity contribution in [1.29, 1.82) is 0 Å². The Balaban J connectivity index is 2.88. The highest BCUT2D eigenvalue weighted by molar-refractivity contribution is 7.14. The zero-order chi connectivity index (χ0) is 14.6. The zero-order valence-corrected chi connectivity index (χ0v) is 13.4. The maximum Gasteiger partial charge on any atom is 0.261 e. The number of aryl methyl sites for hydroxylation is 2. The summed E-state index contributed by atoms with van der Waals surface area (Å²) in [6.45, 7) is 9.61. The van der Waals surface area contributed by atoms with Crippen LogP contribution in [0.3, 0.4) is 0 Å². The first-order chi connectivity index (χ1) is 8.81. The summed E-state index contributed by atoms with van der Waals surface area (Å²) in [5.41, 5.74) is 0.658. The van der Waals surface area contributed by atoms with E-state index in [4.69, 9.17) is 0 Å². The average Bonchev–Trinajstić information content (AvgIpc) is 2.72. The van der Waals surface area contributed by atoms with Crippen LogP contribution in [0.25, 0.3) is 0 Å². The van der Waals surface area contributed by atoms with Crippen LogP contribution in [-0.2, 0) is 12.8 Å². The van der Waals surface area contributed by atoms with Crippen LogP contribution in [-0.4, -0.2) is 22.7 Å². The Morgan fingerprint density at radius 3 is 2.58 bits per heavy atom. The summed E-state index contributed by atoms with van der Waals surface area (Å²) < 4.78 is 0. The van der Waals surface area contributed by atoms with Crippen LogP contribution in [0.5, 0.6) is 0 Å². The molecule has 0 saturated carbocycles. The number of carbonyl (C=O) groups excluding carboxylic acids is 1. The van der Waals surface area contributed by atoms with Crippen molar-refractivity contribution in [3.63, 3.8) is 0 Å². The molecule has 1 aromatic heterocycles. The van der Waals surface area contributed by atoms with Crippen LogP contribution < -0.4 is 5.32 Å². The lowest BCUT2D eigenvalue weighted by molar-refractivity contribution is 0.0712. The van der Waals surface area contributed by atoms with Crippen LogP contribution >= 0.6 is 11.3 Å². The van der Waals surface area contributed by atoms with Gasteiger partial charge in [0.25, 0.3) is 5.91 Å². The maximum absolute atomic E-state index is 12.2. The van der Waals surface area contributed by atoms with E-state index >= 15 is 0 Å². The van der Waals surface area contributed by atoms with Crippen molar-refractivity contribution in [3.05, 3.63) is 21.4 Å². The van der Waals surface area contributed by atoms with E-state index in [9.17, 15) is 9.90 Å². The van der Waals surface area contributed by atoms with Gasteiger partial charge in [0.15, 0.2) is 0 Å². The zero-order valence-electron chi connectivity index (χ0n) is 12.5. The van der Waals surface area contributed by atoms with Crippen LogP contribution in [0, 0.1) is 0 Å². The molecule has 108 valence electrons. The molecule has 1 rings (SSSR count). The number of thiophene rings is 1. The number of hydrogen-bond donors (Lipinski definition) is 2. The van der Waals surface area contributed by atoms with Gasteiger partial charge in [-0.25, -0.2) is 0 Å². The first kappa shape index (κ1) is 16.2. The number of carbonyl (C=O) groups is 1. The average molecular weight is 283 g/mol. The molecule has 4 heteroatoms. The highest BCUT2D eigenvalue weighted by Gasteiger charge is 2.27. The van der Waals surface area contributed by atoms with Gasteiger partial charge in [0, 0.05) is 4.88 Å². The SMILES string of the molecule is CCCc1sc(C(=O)NC(C)(C)C(C)O)cc1CC. The van der Waals surface area contributed by atoms with Crippen molar-refractivity contribution in [3.8, 4) is 0 Å². The molecule has 0 aromatic carbocycles. The smallest absolute Gasteiger partial charge is 0.261 e. The standard InChI is InChI=1S/C15H25NO2S/c1-6-8-12-11(7-2)9-13(19-12)14(18)16-15(4,5)10(3)17/h9-10,17H,6-8H2,1-5H3,(H,16,18). The molecule has 3 nitrogen and oxygen atoms in total. The summed E-state index contributed by atoms with van der Waals surface area (Å²) in [4.78, 5) is 14.3. The second-order valence-electron chi connectivity index (χ2n) is 5.51. The van der Waals surface area contributed by atoms with E-state index in [1.807, 2.05) is 19.9 Å². The third-order valence-corrected chi connectivity index (χ3v) is 4.69. The molecule has 0 fully saturated rings. The van der Waals surface area contributed by atoms with Gasteiger partial charge >= 0.3 is 0 Å². The van der Waals surface area contributed by atoms with Crippen molar-refractivity contribution in [1.82, 2.24) is 5.32 Å². The van der Waals surface area contributed by atoms with Crippen LogP contribution in [0.1, 0.15) is 61.2 Å². The van der Waals surface area contributed by atoms with Crippen molar-refractivity contribution < 1.29 is 9.90 Å². The Bertz CT molecular complexity index is 435. The molecular formula is C15H25NO2S. The lowest BCUT2D eigenvalue weighted by atomic mass is 9.99. The van der Waals surface area contributed by atoms with E-state index in [1.165, 1.54) is 10.4 Å². The van der Waals surface area contributed by atoms with Crippen molar-refractivity contribution in [2.75, 3.05) is 0 Å². The molecule has 1 heterocycles. The molecule has 1 unspecified atom stereocenters. The number of amides is 1. The first-order valence-electron chi connectivity index (χ1n) is 6.94. The first-order valence-corrected chi connectivity index (χ1v) is 7.75. The van der Waals surface area contributed by atoms with E-state index < -0.39 is 11.6 Å². The predicted octanol–water partition coefficient (Wildman–Crippen LogP) is 3.15. The lowest BCUT2D eigenvalue weighted by Gasteiger charge is -2.29. The van der Waals surface area contributed by atoms with Gasteiger partial charge in [-0.1, -0.05) is 20.3 Å². The highest BCUT2D eigenvalue weighted by Crippen LogP contribution is 2.25. The highest BCUT2D eigenvalue weighted by atomic mass is 32.1. The molecule has 19 heavy (non-hydrogen) atoms. The minimum Gasteiger partial charge on any atom is -0.391 e. The number of aliphatic hydroxyl groups is 1. The Morgan fingerprint density at radius 2 is 2.11 bits per heavy atom. The fourth-order valence-electron chi connectivity index (χ4n) is 1.77. The van der Waals surface area contributed by atoms with Gasteiger partial charge in [0.1, 0.15) is 0 Å². The largest absolute Gasteiger partial charge is 0.391 e. The quantitative estimate of drug-likeness (QED) is 0.842. The molecule has 1 aromatic rings. The van der Waals surface area contributed by atoms with E-state index in [0.29, 0.717) is 0 Å². The molecule has 0 radical (unpaired) electrons. The van der Waals surface area contributed by atoms with Gasteiger partial charge in [-0.2, -0.15) is 0 Å². The van der Waals surface area contributed by atoms with Gasteiger partial charge in [0.05, 0.1) is 16.5 Å². The van der Waals surface area contributed by atoms with E-state index in [-0.39, 0.29) is 5.91 Å². The topological polar surface area (TPSA) is 49.3 Å². The fourth-order valence-corrected chi connectivity index (χ4v) is 3.03. The summed E-state index contributed by atoms with van der Waals surface area (Å²) in [6, 6.07) is 1.99. The van der Waals surface area contributed by atoms with Gasteiger partial charge in [-0.3, -0.25) is 4.79 Å². The Hall–Kier alpha value is -0.870. The molecule has 0 aliphatic carbocycles. The number of nitrogens with one attached hydrogen (secondary N) is 1. The van der Waals surface area contributed by atoms with Gasteiger partial charge < -0.3 is 10.4 Å². The van der Waals surface area contributed by atoms with Gasteiger partial charge in [0.2, 0.25) is 0 Å². The van der Waals surface area contributed by atoms with E-state index in [2.05, 4.69) is 19.2 Å². The summed E-state index contributed by atoms with van der Waals surface area (Å²) in [7, 11) is 0. The molecular weight excluding hydrogens is 258 g/mol. The second kappa shape index (κ2) is 6.53. The third kappa shape index (κ3) is 4.05. The molecule has 0 aliphatic rings. The van der Waals surface area contributed by atoms with E-state index in [0.717, 1.165) is 24.1 Å². The van der Waals surface area contributed by atoms with Crippen LogP contribution in [0.4, 0.5) is 0 Å². The summed E-state index contributed by atoms with van der Waals surface area (Å²) in [5.74, 6) is -0.0899. The number of hydrogen-bond acceptors (Lipinski definition) is 3. The van der Waals surface area contributed by atoms with Crippen molar-refractivity contribution >= 4 is 17.2 Å². The predicted molar refractivity (Wildman–Crippen MR) is 80.9 cm³/mol. The Labute approximate surface area is 120 Å². The van der Waals surface area contributed by atoms with E-state index in [1.54, 1.807) is 18.3 Å². The third-order valence-electron chi connectivity index (χ3n) is 3.46. The number of aliphatic hydroxyl groups excluding tert-OH is 1. The Kier molecular flexibility index (Phi) is 5.56. The van der Waals surface area contributed by atoms with Crippen LogP contribution in [0.2, 0.25) is 0 Å². The summed E-state index contributed by atoms with van der Waals surface area (Å²) >= 11 is 1.58. The summed E-state index contributed by atoms with van der Waals surface area (Å²) in [5, 5.41) is 12.6. The normalized spacial score (nSPS) is 13.4. The molecule has 2 N–H and O–H groups in total. The van der Waals surface area contributed by atoms with Gasteiger partial charge in [-0.05, 0) is 45.2 Å². The molecule has 0 spiro atoms.